The molecule has 0 N–H and O–H groups in total. The Morgan fingerprint density at radius 3 is 1.02 bits per heavy atom. The predicted molar refractivity (Wildman–Crippen MR) is 513 cm³/mol. The van der Waals surface area contributed by atoms with Crippen LogP contribution in [0.15, 0.2) is 436 Å². The summed E-state index contributed by atoms with van der Waals surface area (Å²) in [5.41, 5.74) is 31.7. The van der Waals surface area contributed by atoms with Gasteiger partial charge in [-0.25, -0.2) is 0 Å². The van der Waals surface area contributed by atoms with E-state index in [2.05, 4.69) is 376 Å². The highest BCUT2D eigenvalue weighted by Crippen LogP contribution is 2.40. The van der Waals surface area contributed by atoms with Crippen molar-refractivity contribution >= 4 is 119 Å². The Balaban J connectivity index is 0.000000102. The van der Waals surface area contributed by atoms with Crippen molar-refractivity contribution in [1.82, 2.24) is 0 Å². The lowest BCUT2D eigenvalue weighted by atomic mass is 9.91. The largest absolute Gasteiger partial charge is 0.456 e. The molecule has 4 nitrogen and oxygen atoms in total. The van der Waals surface area contributed by atoms with E-state index in [1.807, 2.05) is 102 Å². The van der Waals surface area contributed by atoms with E-state index in [9.17, 15) is 0 Å². The molecule has 0 aliphatic heterocycles. The van der Waals surface area contributed by atoms with Crippen LogP contribution in [0, 0.1) is 48.5 Å². The van der Waals surface area contributed by atoms with E-state index >= 15 is 0 Å². The van der Waals surface area contributed by atoms with Crippen molar-refractivity contribution in [3.63, 3.8) is 0 Å². The molecule has 580 valence electrons. The van der Waals surface area contributed by atoms with Crippen LogP contribution in [0.25, 0.3) is 175 Å². The molecule has 0 saturated carbocycles. The summed E-state index contributed by atoms with van der Waals surface area (Å²) in [6.45, 7) is 14.8. The Kier molecular flexibility index (Phi) is 23.3. The third kappa shape index (κ3) is 17.4. The van der Waals surface area contributed by atoms with Gasteiger partial charge in [0.2, 0.25) is 0 Å². The van der Waals surface area contributed by atoms with Crippen LogP contribution in [0.5, 0.6) is 0 Å². The number of benzene rings is 18. The zero-order valence-electron chi connectivity index (χ0n) is 68.4. The summed E-state index contributed by atoms with van der Waals surface area (Å²) >= 11 is 1.87. The molecule has 120 heavy (non-hydrogen) atoms. The minimum Gasteiger partial charge on any atom is -0.456 e. The minimum atomic E-state index is 0.966. The smallest absolute Gasteiger partial charge is 0.138 e. The van der Waals surface area contributed by atoms with Gasteiger partial charge in [-0.3, -0.25) is 0 Å². The molecule has 5 aromatic heterocycles. The topological polar surface area (TPSA) is 52.6 Å². The maximum absolute atomic E-state index is 5.78. The van der Waals surface area contributed by atoms with Crippen LogP contribution >= 0.6 is 11.3 Å². The van der Waals surface area contributed by atoms with Crippen LogP contribution in [-0.2, 0) is 0 Å². The molecule has 0 bridgehead atoms. The van der Waals surface area contributed by atoms with Crippen LogP contribution in [0.3, 0.4) is 0 Å². The molecular formula is C115H90O4S. The molecule has 0 aliphatic rings. The molecule has 0 saturated heterocycles. The number of hydrogen-bond donors (Lipinski definition) is 0. The first-order valence-corrected chi connectivity index (χ1v) is 41.7. The minimum absolute atomic E-state index is 0.966. The molecule has 5 heteroatoms. The summed E-state index contributed by atoms with van der Waals surface area (Å²) in [6, 6.07) is 146. The molecular weight excluding hydrogens is 1480 g/mol. The first kappa shape index (κ1) is 77.9. The van der Waals surface area contributed by atoms with Crippen LogP contribution in [0.4, 0.5) is 0 Å². The van der Waals surface area contributed by atoms with Crippen molar-refractivity contribution in [2.24, 2.45) is 0 Å². The summed E-state index contributed by atoms with van der Waals surface area (Å²) in [5.74, 6) is 0. The second-order valence-corrected chi connectivity index (χ2v) is 31.7. The maximum Gasteiger partial charge on any atom is 0.138 e. The third-order valence-electron chi connectivity index (χ3n) is 22.0. The van der Waals surface area contributed by atoms with Gasteiger partial charge in [0, 0.05) is 63.3 Å². The van der Waals surface area contributed by atoms with Crippen molar-refractivity contribution in [2.45, 2.75) is 48.5 Å². The standard InChI is InChI=1S/2C25H20.4C13H10O.C13H10S/c1-19-12-14-22(15-13-19)25-17-23(20-8-4-2-5-9-20)16-24(18-25)21-10-6-3-7-11-21;1-19-12-14-20(15-13-19)23-16-17-24(21-8-4-2-5-9-21)25(18-23)22-10-6-3-7-11-22;2*1-9-5-4-7-11-10-6-2-3-8-12(10)14-13(9)11;1-9-5-4-8-12-13(9)10-6-2-3-7-11(10)14-12;2*1-9-6-7-13-11(8-9)10-4-2-3-5-12(10)14-13/h2*2-18H,1H3;5*2-8H,1H3. The quantitative estimate of drug-likeness (QED) is 0.166. The Bertz CT molecular complexity index is 7140. The van der Waals surface area contributed by atoms with Gasteiger partial charge in [-0.05, 0) is 217 Å². The molecule has 23 rings (SSSR count). The number of thiophene rings is 1. The Labute approximate surface area is 704 Å². The number of para-hydroxylation sites is 6. The Hall–Kier alpha value is -14.6. The van der Waals surface area contributed by atoms with Gasteiger partial charge in [-0.1, -0.05) is 356 Å². The molecule has 0 amide bonds. The summed E-state index contributed by atoms with van der Waals surface area (Å²) in [7, 11) is 0. The molecule has 0 unspecified atom stereocenters. The first-order chi connectivity index (χ1) is 58.9. The number of rotatable bonds is 6. The fraction of sp³-hybridized carbons (Fsp3) is 0.0609. The first-order valence-electron chi connectivity index (χ1n) is 40.9. The molecule has 0 spiro atoms. The highest BCUT2D eigenvalue weighted by atomic mass is 32.1. The lowest BCUT2D eigenvalue weighted by Crippen LogP contribution is -1.87. The van der Waals surface area contributed by atoms with Gasteiger partial charge < -0.3 is 17.7 Å². The predicted octanol–water partition coefficient (Wildman–Crippen LogP) is 33.9. The van der Waals surface area contributed by atoms with Crippen LogP contribution in [0.1, 0.15) is 38.9 Å². The molecule has 23 aromatic rings. The molecule has 0 radical (unpaired) electrons. The Morgan fingerprint density at radius 1 is 0.167 bits per heavy atom. The van der Waals surface area contributed by atoms with Crippen molar-refractivity contribution in [1.29, 1.82) is 0 Å². The monoisotopic (exact) mass is 1570 g/mol. The van der Waals surface area contributed by atoms with E-state index in [1.54, 1.807) is 0 Å². The van der Waals surface area contributed by atoms with Gasteiger partial charge >= 0.3 is 0 Å². The summed E-state index contributed by atoms with van der Waals surface area (Å²) in [6.07, 6.45) is 0. The molecule has 5 heterocycles. The van der Waals surface area contributed by atoms with Crippen molar-refractivity contribution in [2.75, 3.05) is 0 Å². The molecule has 18 aromatic carbocycles. The molecule has 0 aliphatic carbocycles. The Morgan fingerprint density at radius 2 is 0.500 bits per heavy atom. The van der Waals surface area contributed by atoms with E-state index in [0.29, 0.717) is 0 Å². The average molecular weight is 1570 g/mol. The lowest BCUT2D eigenvalue weighted by Gasteiger charge is -2.13. The molecule has 0 atom stereocenters. The van der Waals surface area contributed by atoms with Crippen LogP contribution in [-0.4, -0.2) is 0 Å². The summed E-state index contributed by atoms with van der Waals surface area (Å²) < 4.78 is 25.8. The van der Waals surface area contributed by atoms with Gasteiger partial charge in [0.15, 0.2) is 0 Å². The zero-order valence-corrected chi connectivity index (χ0v) is 69.2. The van der Waals surface area contributed by atoms with Crippen LogP contribution < -0.4 is 0 Å². The van der Waals surface area contributed by atoms with E-state index in [1.165, 1.54) is 169 Å². The van der Waals surface area contributed by atoms with Gasteiger partial charge in [-0.2, -0.15) is 0 Å². The second kappa shape index (κ2) is 35.9. The summed E-state index contributed by atoms with van der Waals surface area (Å²) in [4.78, 5) is 0. The number of furan rings is 4. The normalized spacial score (nSPS) is 11.0. The fourth-order valence-electron chi connectivity index (χ4n) is 15.7. The average Bonchev–Trinajstić information content (AvgIpc) is 1.50. The molecule has 0 fully saturated rings. The van der Waals surface area contributed by atoms with Crippen LogP contribution in [0.2, 0.25) is 0 Å². The maximum atomic E-state index is 5.78. The highest BCUT2D eigenvalue weighted by molar-refractivity contribution is 7.25. The van der Waals surface area contributed by atoms with Crippen molar-refractivity contribution < 1.29 is 17.7 Å². The zero-order chi connectivity index (χ0) is 81.8. The number of hydrogen-bond acceptors (Lipinski definition) is 5. The van der Waals surface area contributed by atoms with Gasteiger partial charge in [0.05, 0.1) is 0 Å². The van der Waals surface area contributed by atoms with Gasteiger partial charge in [0.1, 0.15) is 44.7 Å². The number of fused-ring (bicyclic) bond motifs is 15. The highest BCUT2D eigenvalue weighted by Gasteiger charge is 2.15. The van der Waals surface area contributed by atoms with E-state index in [4.69, 9.17) is 17.7 Å². The van der Waals surface area contributed by atoms with Gasteiger partial charge in [-0.15, -0.1) is 11.3 Å². The second-order valence-electron chi connectivity index (χ2n) is 30.6. The van der Waals surface area contributed by atoms with Gasteiger partial charge in [0.25, 0.3) is 0 Å². The van der Waals surface area contributed by atoms with E-state index in [-0.39, 0.29) is 0 Å². The summed E-state index contributed by atoms with van der Waals surface area (Å²) in [5, 5.41) is 12.5. The fourth-order valence-corrected chi connectivity index (χ4v) is 16.8. The van der Waals surface area contributed by atoms with Crippen molar-refractivity contribution in [3.8, 4) is 66.8 Å². The SMILES string of the molecule is Cc1ccc(-c2cc(-c3ccccc3)cc(-c3ccccc3)c2)cc1.Cc1ccc(-c2ccc(-c3ccccc3)c(-c3ccccc3)c2)cc1.Cc1ccc2oc3ccccc3c2c1.Cc1ccc2sc3ccccc3c2c1.Cc1cccc2c1oc1ccccc12.Cc1cccc2c1oc1ccccc12.Cc1cccc2oc3ccccc3c12. The number of aryl methyl sites for hydroxylation is 7. The van der Waals surface area contributed by atoms with Crippen molar-refractivity contribution in [3.05, 3.63) is 458 Å². The van der Waals surface area contributed by atoms with E-state index in [0.717, 1.165) is 44.7 Å². The third-order valence-corrected chi connectivity index (χ3v) is 23.1. The van der Waals surface area contributed by atoms with E-state index < -0.39 is 0 Å². The lowest BCUT2D eigenvalue weighted by molar-refractivity contribution is 0.665.